The maximum Gasteiger partial charge on any atom is 0.321 e. The molecule has 7 heteroatoms. The van der Waals surface area contributed by atoms with Crippen molar-refractivity contribution in [3.05, 3.63) is 9.90 Å². The van der Waals surface area contributed by atoms with Gasteiger partial charge in [-0.25, -0.2) is 0 Å². The van der Waals surface area contributed by atoms with E-state index in [9.17, 15) is 4.79 Å². The smallest absolute Gasteiger partial charge is 0.321 e. The zero-order chi connectivity index (χ0) is 8.85. The molecule has 3 N–H and O–H groups in total. The first-order valence-electron chi connectivity index (χ1n) is 2.65. The highest BCUT2D eigenvalue weighted by Gasteiger charge is 2.11. The Bertz CT molecular complexity index is 176. The molecule has 0 saturated carbocycles. The second kappa shape index (κ2) is 8.01. The van der Waals surface area contributed by atoms with Gasteiger partial charge in [-0.05, 0) is 0 Å². The molecule has 1 unspecified atom stereocenters. The molecule has 3 nitrogen and oxygen atoms in total. The van der Waals surface area contributed by atoms with Crippen molar-refractivity contribution >= 4 is 53.3 Å². The van der Waals surface area contributed by atoms with Gasteiger partial charge < -0.3 is 10.8 Å². The van der Waals surface area contributed by atoms with Crippen LogP contribution >= 0.6 is 47.4 Å². The van der Waals surface area contributed by atoms with Crippen LogP contribution in [-0.2, 0) is 4.79 Å². The predicted octanol–water partition coefficient (Wildman–Crippen LogP) is 1.83. The first-order chi connectivity index (χ1) is 5.07. The number of halogens is 3. The van der Waals surface area contributed by atoms with E-state index >= 15 is 0 Å². The number of hydrogen-bond donors (Lipinski definition) is 2. The van der Waals surface area contributed by atoms with Crippen LogP contribution in [0, 0.1) is 0 Å². The Balaban J connectivity index is 0. The third-order valence-corrected chi connectivity index (χ3v) is 2.62. The molecule has 12 heavy (non-hydrogen) atoms. The minimum atomic E-state index is -1.04. The number of carboxylic acid groups (broad SMARTS) is 1. The summed E-state index contributed by atoms with van der Waals surface area (Å²) in [5, 5.41) is 8.33. The summed E-state index contributed by atoms with van der Waals surface area (Å²) in [6.45, 7) is 0. The topological polar surface area (TPSA) is 63.3 Å². The molecule has 0 fully saturated rings. The van der Waals surface area contributed by atoms with Crippen LogP contribution in [0.4, 0.5) is 0 Å². The van der Waals surface area contributed by atoms with Crippen LogP contribution in [0.2, 0.25) is 0 Å². The van der Waals surface area contributed by atoms with Crippen LogP contribution in [0.1, 0.15) is 0 Å². The Morgan fingerprint density at radius 2 is 2.25 bits per heavy atom. The second-order valence-electron chi connectivity index (χ2n) is 1.67. The van der Waals surface area contributed by atoms with Crippen molar-refractivity contribution in [1.29, 1.82) is 0 Å². The van der Waals surface area contributed by atoms with Crippen molar-refractivity contribution in [2.45, 2.75) is 6.04 Å². The highest BCUT2D eigenvalue weighted by atomic mass is 35.5. The van der Waals surface area contributed by atoms with Crippen molar-refractivity contribution in [3.63, 3.8) is 0 Å². The molecular formula is C5H8Cl3NO2S. The standard InChI is InChI=1S/C5H7Cl2NO2S.ClH/c6-1-4(7)11-2-3(8)5(9)10;/h1,3H,2,8H2,(H,9,10);1H. The van der Waals surface area contributed by atoms with Crippen LogP contribution < -0.4 is 5.73 Å². The van der Waals surface area contributed by atoms with E-state index in [1.807, 2.05) is 0 Å². The van der Waals surface area contributed by atoms with Gasteiger partial charge in [-0.3, -0.25) is 4.79 Å². The van der Waals surface area contributed by atoms with Crippen LogP contribution in [0.3, 0.4) is 0 Å². The number of carboxylic acids is 1. The van der Waals surface area contributed by atoms with Gasteiger partial charge in [0.1, 0.15) is 6.04 Å². The fourth-order valence-electron chi connectivity index (χ4n) is 0.272. The number of hydrogen-bond acceptors (Lipinski definition) is 3. The molecule has 0 aromatic rings. The molecule has 0 aromatic heterocycles. The maximum absolute atomic E-state index is 10.2. The van der Waals surface area contributed by atoms with E-state index in [-0.39, 0.29) is 18.2 Å². The molecule has 0 heterocycles. The highest BCUT2D eigenvalue weighted by Crippen LogP contribution is 2.20. The number of aliphatic carboxylic acids is 1. The third kappa shape index (κ3) is 7.06. The average Bonchev–Trinajstić information content (AvgIpc) is 1.99. The van der Waals surface area contributed by atoms with Crippen molar-refractivity contribution in [1.82, 2.24) is 0 Å². The third-order valence-electron chi connectivity index (χ3n) is 0.804. The van der Waals surface area contributed by atoms with Crippen molar-refractivity contribution in [2.24, 2.45) is 5.73 Å². The molecule has 0 bridgehead atoms. The summed E-state index contributed by atoms with van der Waals surface area (Å²) < 4.78 is 0.336. The van der Waals surface area contributed by atoms with Gasteiger partial charge in [0.2, 0.25) is 0 Å². The lowest BCUT2D eigenvalue weighted by molar-refractivity contribution is -0.137. The van der Waals surface area contributed by atoms with Crippen LogP contribution in [0.25, 0.3) is 0 Å². The molecule has 0 radical (unpaired) electrons. The summed E-state index contributed by atoms with van der Waals surface area (Å²) in [6.07, 6.45) is 0. The van der Waals surface area contributed by atoms with Crippen molar-refractivity contribution < 1.29 is 9.90 Å². The molecule has 1 atom stereocenters. The van der Waals surface area contributed by atoms with E-state index in [0.717, 1.165) is 11.8 Å². The summed E-state index contributed by atoms with van der Waals surface area (Å²) in [5.74, 6) is -0.825. The van der Waals surface area contributed by atoms with Gasteiger partial charge in [-0.2, -0.15) is 0 Å². The Kier molecular flexibility index (Phi) is 9.94. The van der Waals surface area contributed by atoms with Gasteiger partial charge >= 0.3 is 5.97 Å². The van der Waals surface area contributed by atoms with Crippen molar-refractivity contribution in [3.8, 4) is 0 Å². The number of rotatable bonds is 4. The van der Waals surface area contributed by atoms with Gasteiger partial charge in [0.15, 0.2) is 0 Å². The van der Waals surface area contributed by atoms with Crippen LogP contribution in [0.15, 0.2) is 9.90 Å². The molecule has 0 rings (SSSR count). The summed E-state index contributed by atoms with van der Waals surface area (Å²) in [7, 11) is 0. The number of carbonyl (C=O) groups is 1. The quantitative estimate of drug-likeness (QED) is 0.801. The van der Waals surface area contributed by atoms with Gasteiger partial charge in [-0.15, -0.1) is 24.2 Å². The summed E-state index contributed by atoms with van der Waals surface area (Å²) in [6, 6.07) is -0.898. The normalized spacial score (nSPS) is 13.4. The summed E-state index contributed by atoms with van der Waals surface area (Å²) >= 11 is 11.8. The first kappa shape index (κ1) is 14.9. The fraction of sp³-hybridized carbons (Fsp3) is 0.400. The summed E-state index contributed by atoms with van der Waals surface area (Å²) in [5.41, 5.74) is 6.34. The molecule has 0 aliphatic carbocycles. The fourth-order valence-corrected chi connectivity index (χ4v) is 1.19. The predicted molar refractivity (Wildman–Crippen MR) is 55.1 cm³/mol. The second-order valence-corrected chi connectivity index (χ2v) is 3.58. The van der Waals surface area contributed by atoms with Crippen LogP contribution in [0.5, 0.6) is 0 Å². The lowest BCUT2D eigenvalue weighted by Crippen LogP contribution is -2.32. The van der Waals surface area contributed by atoms with Gasteiger partial charge in [0.05, 0.1) is 4.36 Å². The minimum absolute atomic E-state index is 0. The number of thioether (sulfide) groups is 1. The summed E-state index contributed by atoms with van der Waals surface area (Å²) in [4.78, 5) is 10.2. The van der Waals surface area contributed by atoms with Gasteiger partial charge in [0.25, 0.3) is 0 Å². The molecule has 0 aromatic carbocycles. The Morgan fingerprint density at radius 3 is 2.58 bits per heavy atom. The maximum atomic E-state index is 10.2. The Labute approximate surface area is 90.7 Å². The number of nitrogens with two attached hydrogens (primary N) is 1. The Hall–Kier alpha value is 0.390. The highest BCUT2D eigenvalue weighted by molar-refractivity contribution is 8.04. The average molecular weight is 253 g/mol. The SMILES string of the molecule is Cl.NC(CSC(Cl)=CCl)C(=O)O. The lowest BCUT2D eigenvalue weighted by atomic mass is 10.4. The van der Waals surface area contributed by atoms with Crippen molar-refractivity contribution in [2.75, 3.05) is 5.75 Å². The van der Waals surface area contributed by atoms with Gasteiger partial charge in [-0.1, -0.05) is 23.2 Å². The molecule has 0 aliphatic heterocycles. The molecule has 0 aliphatic rings. The molecular weight excluding hydrogens is 244 g/mol. The minimum Gasteiger partial charge on any atom is -0.480 e. The van der Waals surface area contributed by atoms with E-state index in [0.29, 0.717) is 4.36 Å². The van der Waals surface area contributed by atoms with Gasteiger partial charge in [0, 0.05) is 11.3 Å². The zero-order valence-corrected chi connectivity index (χ0v) is 9.01. The van der Waals surface area contributed by atoms with E-state index < -0.39 is 12.0 Å². The van der Waals surface area contributed by atoms with E-state index in [2.05, 4.69) is 0 Å². The zero-order valence-electron chi connectivity index (χ0n) is 5.87. The molecule has 72 valence electrons. The Morgan fingerprint density at radius 1 is 1.75 bits per heavy atom. The first-order valence-corrected chi connectivity index (χ1v) is 4.45. The molecule has 0 amide bonds. The molecule has 0 saturated heterocycles. The monoisotopic (exact) mass is 251 g/mol. The largest absolute Gasteiger partial charge is 0.480 e. The van der Waals surface area contributed by atoms with E-state index in [4.69, 9.17) is 34.0 Å². The van der Waals surface area contributed by atoms with E-state index in [1.54, 1.807) is 0 Å². The van der Waals surface area contributed by atoms with Crippen LogP contribution in [-0.4, -0.2) is 22.9 Å². The molecule has 0 spiro atoms. The van der Waals surface area contributed by atoms with E-state index in [1.165, 1.54) is 5.54 Å². The lowest BCUT2D eigenvalue weighted by Gasteiger charge is -2.03.